The lowest BCUT2D eigenvalue weighted by Gasteiger charge is -2.11. The molecule has 0 radical (unpaired) electrons. The Hall–Kier alpha value is -1.43. The number of hydrogen-bond donors (Lipinski definition) is 0. The molecule has 1 aromatic carbocycles. The van der Waals surface area contributed by atoms with E-state index >= 15 is 0 Å². The minimum Gasteiger partial charge on any atom is -0.260 e. The summed E-state index contributed by atoms with van der Waals surface area (Å²) in [6.07, 6.45) is -6.05. The summed E-state index contributed by atoms with van der Waals surface area (Å²) in [5, 5.41) is 6.94. The lowest BCUT2D eigenvalue weighted by molar-refractivity contribution is -0.343. The quantitative estimate of drug-likeness (QED) is 0.687. The number of alkyl halides is 3. The number of halogens is 3. The molecule has 0 spiro atoms. The summed E-state index contributed by atoms with van der Waals surface area (Å²) in [6, 6.07) is 6.38. The number of azo groups is 1. The molecular formula is C8H5F3N2O. The first-order valence-electron chi connectivity index (χ1n) is 3.80. The third kappa shape index (κ3) is 1.74. The molecule has 0 bridgehead atoms. The second-order valence-corrected chi connectivity index (χ2v) is 2.69. The van der Waals surface area contributed by atoms with E-state index < -0.39 is 12.6 Å². The molecule has 74 valence electrons. The van der Waals surface area contributed by atoms with Gasteiger partial charge in [-0.15, -0.1) is 13.2 Å². The molecule has 6 heteroatoms. The number of ether oxygens (including phenoxy) is 1. The third-order valence-corrected chi connectivity index (χ3v) is 1.72. The van der Waals surface area contributed by atoms with Gasteiger partial charge in [-0.25, -0.2) is 0 Å². The molecule has 3 nitrogen and oxygen atoms in total. The highest BCUT2D eigenvalue weighted by Crippen LogP contribution is 2.39. The van der Waals surface area contributed by atoms with Gasteiger partial charge in [0.1, 0.15) is 0 Å². The molecule has 0 aromatic heterocycles. The molecule has 0 aliphatic carbocycles. The molecule has 0 fully saturated rings. The van der Waals surface area contributed by atoms with Gasteiger partial charge in [0.15, 0.2) is 0 Å². The minimum atomic E-state index is -4.69. The average molecular weight is 202 g/mol. The van der Waals surface area contributed by atoms with Crippen molar-refractivity contribution < 1.29 is 17.9 Å². The van der Waals surface area contributed by atoms with Crippen LogP contribution in [-0.4, -0.2) is 6.36 Å². The van der Waals surface area contributed by atoms with Crippen LogP contribution in [0.1, 0.15) is 11.8 Å². The fourth-order valence-electron chi connectivity index (χ4n) is 1.18. The summed E-state index contributed by atoms with van der Waals surface area (Å²) in [4.78, 5) is 0. The monoisotopic (exact) mass is 202 g/mol. The third-order valence-electron chi connectivity index (χ3n) is 1.72. The summed E-state index contributed by atoms with van der Waals surface area (Å²) in [5.41, 5.74) is 0.756. The Balaban J connectivity index is 2.23. The smallest absolute Gasteiger partial charge is 0.260 e. The Morgan fingerprint density at radius 3 is 2.64 bits per heavy atom. The van der Waals surface area contributed by atoms with E-state index in [9.17, 15) is 13.2 Å². The lowest BCUT2D eigenvalue weighted by atomic mass is 10.2. The van der Waals surface area contributed by atoms with Crippen molar-refractivity contribution in [2.75, 3.05) is 0 Å². The van der Waals surface area contributed by atoms with Gasteiger partial charge in [0.05, 0.1) is 5.69 Å². The summed E-state index contributed by atoms with van der Waals surface area (Å²) in [6.45, 7) is 0. The van der Waals surface area contributed by atoms with Gasteiger partial charge in [0, 0.05) is 5.56 Å². The maximum absolute atomic E-state index is 11.9. The molecule has 1 aliphatic rings. The van der Waals surface area contributed by atoms with E-state index in [4.69, 9.17) is 0 Å². The fraction of sp³-hybridized carbons (Fsp3) is 0.250. The van der Waals surface area contributed by atoms with Crippen LogP contribution in [0.3, 0.4) is 0 Å². The van der Waals surface area contributed by atoms with Gasteiger partial charge in [-0.1, -0.05) is 18.2 Å². The second-order valence-electron chi connectivity index (χ2n) is 2.69. The van der Waals surface area contributed by atoms with Gasteiger partial charge in [0.2, 0.25) is 6.23 Å². The number of hydrogen-bond acceptors (Lipinski definition) is 3. The van der Waals surface area contributed by atoms with Crippen LogP contribution in [0.25, 0.3) is 0 Å². The van der Waals surface area contributed by atoms with E-state index in [-0.39, 0.29) is 0 Å². The summed E-state index contributed by atoms with van der Waals surface area (Å²) < 4.78 is 39.4. The van der Waals surface area contributed by atoms with Crippen molar-refractivity contribution in [3.63, 3.8) is 0 Å². The van der Waals surface area contributed by atoms with E-state index in [2.05, 4.69) is 15.0 Å². The molecule has 1 unspecified atom stereocenters. The number of benzene rings is 1. The van der Waals surface area contributed by atoms with Gasteiger partial charge < -0.3 is 0 Å². The molecule has 1 atom stereocenters. The summed E-state index contributed by atoms with van der Waals surface area (Å²) in [7, 11) is 0. The molecule has 14 heavy (non-hydrogen) atoms. The van der Waals surface area contributed by atoms with Crippen molar-refractivity contribution in [3.05, 3.63) is 29.8 Å². The predicted molar refractivity (Wildman–Crippen MR) is 40.8 cm³/mol. The van der Waals surface area contributed by atoms with Gasteiger partial charge in [-0.05, 0) is 6.07 Å². The van der Waals surface area contributed by atoms with E-state index in [0.717, 1.165) is 0 Å². The Morgan fingerprint density at radius 2 is 1.93 bits per heavy atom. The largest absolute Gasteiger partial charge is 0.524 e. The molecule has 0 N–H and O–H groups in total. The van der Waals surface area contributed by atoms with Crippen molar-refractivity contribution in [1.82, 2.24) is 0 Å². The first-order chi connectivity index (χ1) is 6.56. The number of rotatable bonds is 1. The Morgan fingerprint density at radius 1 is 1.21 bits per heavy atom. The van der Waals surface area contributed by atoms with Crippen LogP contribution < -0.4 is 0 Å². The number of fused-ring (bicyclic) bond motifs is 1. The zero-order valence-corrected chi connectivity index (χ0v) is 6.82. The SMILES string of the molecule is FC(F)(F)OC1N=Nc2ccccc21. The van der Waals surface area contributed by atoms with Gasteiger partial charge in [-0.3, -0.25) is 4.74 Å². The zero-order chi connectivity index (χ0) is 10.2. The lowest BCUT2D eigenvalue weighted by Crippen LogP contribution is -2.15. The highest BCUT2D eigenvalue weighted by atomic mass is 19.4. The van der Waals surface area contributed by atoms with Gasteiger partial charge in [0.25, 0.3) is 0 Å². The van der Waals surface area contributed by atoms with Crippen molar-refractivity contribution in [2.24, 2.45) is 10.2 Å². The van der Waals surface area contributed by atoms with Crippen molar-refractivity contribution >= 4 is 5.69 Å². The maximum Gasteiger partial charge on any atom is 0.524 e. The van der Waals surface area contributed by atoms with Crippen LogP contribution in [0.2, 0.25) is 0 Å². The number of nitrogens with zero attached hydrogens (tertiary/aromatic N) is 2. The molecule has 0 amide bonds. The van der Waals surface area contributed by atoms with Crippen molar-refractivity contribution in [1.29, 1.82) is 0 Å². The summed E-state index contributed by atoms with van der Waals surface area (Å²) in [5.74, 6) is 0. The predicted octanol–water partition coefficient (Wildman–Crippen LogP) is 3.32. The standard InChI is InChI=1S/C8H5F3N2O/c9-8(10,11)14-7-5-3-1-2-4-6(5)12-13-7/h1-4,7H. The van der Waals surface area contributed by atoms with Crippen LogP contribution in [0.5, 0.6) is 0 Å². The van der Waals surface area contributed by atoms with Crippen LogP contribution in [0.4, 0.5) is 18.9 Å². The fourth-order valence-corrected chi connectivity index (χ4v) is 1.18. The van der Waals surface area contributed by atoms with Crippen LogP contribution >= 0.6 is 0 Å². The normalized spacial score (nSPS) is 19.8. The van der Waals surface area contributed by atoms with Gasteiger partial charge >= 0.3 is 6.36 Å². The molecule has 1 aromatic rings. The van der Waals surface area contributed by atoms with Crippen LogP contribution in [0, 0.1) is 0 Å². The van der Waals surface area contributed by atoms with E-state index in [1.165, 1.54) is 6.07 Å². The molecule has 0 saturated heterocycles. The zero-order valence-electron chi connectivity index (χ0n) is 6.82. The van der Waals surface area contributed by atoms with Crippen LogP contribution in [-0.2, 0) is 4.74 Å². The van der Waals surface area contributed by atoms with E-state index in [1.54, 1.807) is 18.2 Å². The minimum absolute atomic E-state index is 0.338. The first-order valence-corrected chi connectivity index (χ1v) is 3.80. The highest BCUT2D eigenvalue weighted by Gasteiger charge is 2.36. The highest BCUT2D eigenvalue weighted by molar-refractivity contribution is 5.48. The Bertz CT molecular complexity index is 375. The molecular weight excluding hydrogens is 197 g/mol. The Labute approximate surface area is 77.2 Å². The van der Waals surface area contributed by atoms with Crippen LogP contribution in [0.15, 0.2) is 34.5 Å². The molecule has 0 saturated carbocycles. The Kier molecular flexibility index (Phi) is 1.99. The molecule has 2 rings (SSSR count). The topological polar surface area (TPSA) is 34.0 Å². The van der Waals surface area contributed by atoms with E-state index in [0.29, 0.717) is 11.3 Å². The maximum atomic E-state index is 11.9. The second kappa shape index (κ2) is 3.06. The average Bonchev–Trinajstić information content (AvgIpc) is 2.47. The van der Waals surface area contributed by atoms with E-state index in [1.807, 2.05) is 0 Å². The molecule has 1 aliphatic heterocycles. The first kappa shape index (κ1) is 9.14. The van der Waals surface area contributed by atoms with Gasteiger partial charge in [-0.2, -0.15) is 10.2 Å². The summed E-state index contributed by atoms with van der Waals surface area (Å²) >= 11 is 0. The van der Waals surface area contributed by atoms with Crippen molar-refractivity contribution in [2.45, 2.75) is 12.6 Å². The molecule has 1 heterocycles. The van der Waals surface area contributed by atoms with Crippen molar-refractivity contribution in [3.8, 4) is 0 Å².